The van der Waals surface area contributed by atoms with Crippen LogP contribution in [-0.4, -0.2) is 5.16 Å². The summed E-state index contributed by atoms with van der Waals surface area (Å²) >= 11 is 0. The number of rotatable bonds is 4. The molecular formula is C16H14N2O2. The zero-order chi connectivity index (χ0) is 13.8. The standard InChI is InChI=1S/C16H14N2O2/c17-16-10-15(20-18-16)13-8-4-5-9-14(13)19-11-12-6-2-1-3-7-12/h1-10H,11H2,(H2,17,18). The van der Waals surface area contributed by atoms with Gasteiger partial charge in [0.15, 0.2) is 11.6 Å². The van der Waals surface area contributed by atoms with E-state index in [1.54, 1.807) is 6.07 Å². The van der Waals surface area contributed by atoms with Gasteiger partial charge < -0.3 is 15.0 Å². The largest absolute Gasteiger partial charge is 0.488 e. The number of anilines is 1. The fourth-order valence-corrected chi connectivity index (χ4v) is 1.95. The third-order valence-electron chi connectivity index (χ3n) is 2.92. The first-order chi connectivity index (χ1) is 9.83. The molecule has 0 unspecified atom stereocenters. The summed E-state index contributed by atoms with van der Waals surface area (Å²) in [6.45, 7) is 0.501. The van der Waals surface area contributed by atoms with Crippen molar-refractivity contribution >= 4 is 5.82 Å². The quantitative estimate of drug-likeness (QED) is 0.785. The molecule has 0 atom stereocenters. The molecule has 100 valence electrons. The second-order valence-electron chi connectivity index (χ2n) is 4.39. The summed E-state index contributed by atoms with van der Waals surface area (Å²) in [6, 6.07) is 19.3. The highest BCUT2D eigenvalue weighted by Crippen LogP contribution is 2.31. The molecule has 1 aromatic heterocycles. The Balaban J connectivity index is 1.83. The van der Waals surface area contributed by atoms with E-state index in [9.17, 15) is 0 Å². The van der Waals surface area contributed by atoms with Crippen molar-refractivity contribution in [3.63, 3.8) is 0 Å². The Morgan fingerprint density at radius 2 is 1.75 bits per heavy atom. The average molecular weight is 266 g/mol. The van der Waals surface area contributed by atoms with E-state index >= 15 is 0 Å². The fraction of sp³-hybridized carbons (Fsp3) is 0.0625. The summed E-state index contributed by atoms with van der Waals surface area (Å²) < 4.78 is 11.0. The molecule has 0 radical (unpaired) electrons. The molecule has 4 nitrogen and oxygen atoms in total. The molecule has 3 rings (SSSR count). The molecule has 3 aromatic rings. The minimum Gasteiger partial charge on any atom is -0.488 e. The van der Waals surface area contributed by atoms with Crippen LogP contribution in [0.5, 0.6) is 5.75 Å². The molecule has 0 saturated carbocycles. The highest BCUT2D eigenvalue weighted by atomic mass is 16.5. The third kappa shape index (κ3) is 2.64. The monoisotopic (exact) mass is 266 g/mol. The Hall–Kier alpha value is -2.75. The van der Waals surface area contributed by atoms with Gasteiger partial charge in [-0.15, -0.1) is 0 Å². The van der Waals surface area contributed by atoms with Crippen molar-refractivity contribution in [3.8, 4) is 17.1 Å². The van der Waals surface area contributed by atoms with Gasteiger partial charge in [-0.2, -0.15) is 0 Å². The van der Waals surface area contributed by atoms with E-state index in [4.69, 9.17) is 15.0 Å². The first-order valence-corrected chi connectivity index (χ1v) is 6.31. The van der Waals surface area contributed by atoms with Crippen molar-refractivity contribution in [3.05, 3.63) is 66.2 Å². The number of aromatic nitrogens is 1. The number of para-hydroxylation sites is 1. The molecule has 2 N–H and O–H groups in total. The molecule has 0 aliphatic carbocycles. The number of hydrogen-bond acceptors (Lipinski definition) is 4. The van der Waals surface area contributed by atoms with Crippen LogP contribution in [0.4, 0.5) is 5.82 Å². The van der Waals surface area contributed by atoms with E-state index in [2.05, 4.69) is 5.16 Å². The van der Waals surface area contributed by atoms with Gasteiger partial charge in [0.05, 0.1) is 5.56 Å². The molecule has 0 amide bonds. The predicted molar refractivity (Wildman–Crippen MR) is 77.1 cm³/mol. The summed E-state index contributed by atoms with van der Waals surface area (Å²) in [6.07, 6.45) is 0. The second-order valence-corrected chi connectivity index (χ2v) is 4.39. The Morgan fingerprint density at radius 3 is 2.50 bits per heavy atom. The van der Waals surface area contributed by atoms with Crippen molar-refractivity contribution in [1.29, 1.82) is 0 Å². The van der Waals surface area contributed by atoms with E-state index in [1.807, 2.05) is 54.6 Å². The Bertz CT molecular complexity index is 692. The molecule has 0 aliphatic heterocycles. The van der Waals surface area contributed by atoms with Crippen molar-refractivity contribution in [1.82, 2.24) is 5.16 Å². The van der Waals surface area contributed by atoms with E-state index in [0.717, 1.165) is 16.9 Å². The number of ether oxygens (including phenoxy) is 1. The van der Waals surface area contributed by atoms with Gasteiger partial charge in [-0.3, -0.25) is 0 Å². The van der Waals surface area contributed by atoms with E-state index in [1.165, 1.54) is 0 Å². The zero-order valence-corrected chi connectivity index (χ0v) is 10.8. The van der Waals surface area contributed by atoms with Crippen LogP contribution in [0, 0.1) is 0 Å². The maximum Gasteiger partial charge on any atom is 0.172 e. The van der Waals surface area contributed by atoms with Crippen molar-refractivity contribution in [2.24, 2.45) is 0 Å². The molecule has 2 aromatic carbocycles. The van der Waals surface area contributed by atoms with Crippen molar-refractivity contribution in [2.45, 2.75) is 6.61 Å². The third-order valence-corrected chi connectivity index (χ3v) is 2.92. The normalized spacial score (nSPS) is 10.4. The van der Waals surface area contributed by atoms with E-state index in [-0.39, 0.29) is 0 Å². The number of nitrogens with two attached hydrogens (primary N) is 1. The van der Waals surface area contributed by atoms with Gasteiger partial charge in [-0.05, 0) is 17.7 Å². The van der Waals surface area contributed by atoms with Gasteiger partial charge in [0, 0.05) is 6.07 Å². The summed E-state index contributed by atoms with van der Waals surface area (Å²) in [5, 5.41) is 3.70. The van der Waals surface area contributed by atoms with Crippen LogP contribution in [0.2, 0.25) is 0 Å². The summed E-state index contributed by atoms with van der Waals surface area (Å²) in [5.74, 6) is 1.71. The van der Waals surface area contributed by atoms with Crippen LogP contribution in [-0.2, 0) is 6.61 Å². The molecule has 0 aliphatic rings. The topological polar surface area (TPSA) is 61.3 Å². The smallest absolute Gasteiger partial charge is 0.172 e. The van der Waals surface area contributed by atoms with Gasteiger partial charge in [-0.1, -0.05) is 47.6 Å². The Labute approximate surface area is 116 Å². The average Bonchev–Trinajstić information content (AvgIpc) is 2.93. The molecule has 20 heavy (non-hydrogen) atoms. The lowest BCUT2D eigenvalue weighted by molar-refractivity contribution is 0.306. The maximum absolute atomic E-state index is 5.86. The highest BCUT2D eigenvalue weighted by Gasteiger charge is 2.10. The predicted octanol–water partition coefficient (Wildman–Crippen LogP) is 3.50. The van der Waals surface area contributed by atoms with Crippen LogP contribution in [0.1, 0.15) is 5.56 Å². The Morgan fingerprint density at radius 1 is 1.00 bits per heavy atom. The maximum atomic E-state index is 5.86. The molecular weight excluding hydrogens is 252 g/mol. The lowest BCUT2D eigenvalue weighted by Crippen LogP contribution is -1.96. The molecule has 4 heteroatoms. The van der Waals surface area contributed by atoms with Crippen LogP contribution < -0.4 is 10.5 Å². The zero-order valence-electron chi connectivity index (χ0n) is 10.8. The molecule has 1 heterocycles. The Kier molecular flexibility index (Phi) is 3.37. The molecule has 0 bridgehead atoms. The van der Waals surface area contributed by atoms with Gasteiger partial charge >= 0.3 is 0 Å². The van der Waals surface area contributed by atoms with Gasteiger partial charge in [-0.25, -0.2) is 0 Å². The van der Waals surface area contributed by atoms with Gasteiger partial charge in [0.1, 0.15) is 12.4 Å². The second kappa shape index (κ2) is 5.48. The summed E-state index contributed by atoms with van der Waals surface area (Å²) in [7, 11) is 0. The van der Waals surface area contributed by atoms with Crippen LogP contribution >= 0.6 is 0 Å². The number of hydrogen-bond donors (Lipinski definition) is 1. The first kappa shape index (κ1) is 12.3. The lowest BCUT2D eigenvalue weighted by Gasteiger charge is -2.09. The van der Waals surface area contributed by atoms with Gasteiger partial charge in [0.2, 0.25) is 0 Å². The van der Waals surface area contributed by atoms with Crippen LogP contribution in [0.25, 0.3) is 11.3 Å². The van der Waals surface area contributed by atoms with Crippen LogP contribution in [0.3, 0.4) is 0 Å². The SMILES string of the molecule is Nc1cc(-c2ccccc2OCc2ccccc2)on1. The lowest BCUT2D eigenvalue weighted by atomic mass is 10.1. The summed E-state index contributed by atoms with van der Waals surface area (Å²) in [5.41, 5.74) is 7.54. The number of nitrogen functional groups attached to an aromatic ring is 1. The number of benzene rings is 2. The molecule has 0 fully saturated rings. The minimum absolute atomic E-state index is 0.359. The highest BCUT2D eigenvalue weighted by molar-refractivity contribution is 5.67. The molecule has 0 spiro atoms. The minimum atomic E-state index is 0.359. The first-order valence-electron chi connectivity index (χ1n) is 6.31. The van der Waals surface area contributed by atoms with E-state index < -0.39 is 0 Å². The number of nitrogens with zero attached hydrogens (tertiary/aromatic N) is 1. The molecule has 0 saturated heterocycles. The van der Waals surface area contributed by atoms with E-state index in [0.29, 0.717) is 18.2 Å². The van der Waals surface area contributed by atoms with Crippen molar-refractivity contribution in [2.75, 3.05) is 5.73 Å². The summed E-state index contributed by atoms with van der Waals surface area (Å²) in [4.78, 5) is 0. The van der Waals surface area contributed by atoms with Crippen molar-refractivity contribution < 1.29 is 9.26 Å². The van der Waals surface area contributed by atoms with Gasteiger partial charge in [0.25, 0.3) is 0 Å². The van der Waals surface area contributed by atoms with Crippen LogP contribution in [0.15, 0.2) is 65.2 Å². The fourth-order valence-electron chi connectivity index (χ4n) is 1.95.